The molecule has 0 N–H and O–H groups in total. The number of Topliss-reactive ketones (excluding diaryl/α,β-unsaturated/α-hetero) is 1. The molecule has 0 saturated carbocycles. The number of anilines is 1. The van der Waals surface area contributed by atoms with Gasteiger partial charge in [-0.15, -0.1) is 0 Å². The molecular formula is C15H21NO3. The first kappa shape index (κ1) is 15.2. The van der Waals surface area contributed by atoms with Crippen molar-refractivity contribution < 1.29 is 14.3 Å². The van der Waals surface area contributed by atoms with E-state index in [1.165, 1.54) is 0 Å². The topological polar surface area (TPSA) is 46.6 Å². The standard InChI is InChI=1S/C15H21NO3/c1-4-14(17)12-7-9-13(10-8-12)16(5-2)11-15(18)19-6-3/h7-10H,4-6,11H2,1-3H3. The van der Waals surface area contributed by atoms with Crippen molar-refractivity contribution in [2.75, 3.05) is 24.6 Å². The predicted octanol–water partition coefficient (Wildman–Crippen LogP) is 2.67. The number of ether oxygens (including phenoxy) is 1. The molecule has 0 unspecified atom stereocenters. The summed E-state index contributed by atoms with van der Waals surface area (Å²) in [6, 6.07) is 7.33. The lowest BCUT2D eigenvalue weighted by Gasteiger charge is -2.22. The SMILES string of the molecule is CCOC(=O)CN(CC)c1ccc(C(=O)CC)cc1. The minimum atomic E-state index is -0.238. The van der Waals surface area contributed by atoms with Crippen LogP contribution in [0.15, 0.2) is 24.3 Å². The molecule has 4 heteroatoms. The number of nitrogens with zero attached hydrogens (tertiary/aromatic N) is 1. The number of carbonyl (C=O) groups is 2. The zero-order chi connectivity index (χ0) is 14.3. The maximum Gasteiger partial charge on any atom is 0.325 e. The summed E-state index contributed by atoms with van der Waals surface area (Å²) < 4.78 is 4.94. The van der Waals surface area contributed by atoms with Gasteiger partial charge >= 0.3 is 5.97 Å². The number of rotatable bonds is 7. The second-order valence-corrected chi connectivity index (χ2v) is 4.14. The number of ketones is 1. The molecule has 0 aliphatic carbocycles. The van der Waals surface area contributed by atoms with Crippen LogP contribution in [0.4, 0.5) is 5.69 Å². The van der Waals surface area contributed by atoms with E-state index in [4.69, 9.17) is 4.74 Å². The van der Waals surface area contributed by atoms with Crippen molar-refractivity contribution in [3.8, 4) is 0 Å². The van der Waals surface area contributed by atoms with Crippen LogP contribution in [0.3, 0.4) is 0 Å². The van der Waals surface area contributed by atoms with Crippen molar-refractivity contribution in [1.29, 1.82) is 0 Å². The molecule has 0 atom stereocenters. The van der Waals surface area contributed by atoms with Gasteiger partial charge in [0.15, 0.2) is 5.78 Å². The van der Waals surface area contributed by atoms with Gasteiger partial charge in [0, 0.05) is 24.2 Å². The van der Waals surface area contributed by atoms with Gasteiger partial charge in [0.2, 0.25) is 0 Å². The summed E-state index contributed by atoms with van der Waals surface area (Å²) in [7, 11) is 0. The fraction of sp³-hybridized carbons (Fsp3) is 0.467. The highest BCUT2D eigenvalue weighted by Gasteiger charge is 2.11. The van der Waals surface area contributed by atoms with E-state index in [1.54, 1.807) is 19.1 Å². The monoisotopic (exact) mass is 263 g/mol. The van der Waals surface area contributed by atoms with Gasteiger partial charge in [0.1, 0.15) is 6.54 Å². The lowest BCUT2D eigenvalue weighted by Crippen LogP contribution is -2.30. The molecule has 19 heavy (non-hydrogen) atoms. The fourth-order valence-electron chi connectivity index (χ4n) is 1.81. The maximum absolute atomic E-state index is 11.5. The van der Waals surface area contributed by atoms with Gasteiger partial charge in [-0.2, -0.15) is 0 Å². The number of benzene rings is 1. The second kappa shape index (κ2) is 7.56. The van der Waals surface area contributed by atoms with Crippen molar-refractivity contribution in [2.45, 2.75) is 27.2 Å². The molecule has 0 aliphatic heterocycles. The van der Waals surface area contributed by atoms with Crippen molar-refractivity contribution in [3.05, 3.63) is 29.8 Å². The van der Waals surface area contributed by atoms with E-state index in [1.807, 2.05) is 30.9 Å². The number of carbonyl (C=O) groups excluding carboxylic acids is 2. The molecular weight excluding hydrogens is 242 g/mol. The third-order valence-corrected chi connectivity index (χ3v) is 2.88. The summed E-state index contributed by atoms with van der Waals surface area (Å²) in [5.41, 5.74) is 1.63. The van der Waals surface area contributed by atoms with Gasteiger partial charge in [-0.25, -0.2) is 0 Å². The molecule has 0 bridgehead atoms. The lowest BCUT2D eigenvalue weighted by molar-refractivity contribution is -0.141. The van der Waals surface area contributed by atoms with Crippen molar-refractivity contribution in [3.63, 3.8) is 0 Å². The summed E-state index contributed by atoms with van der Waals surface area (Å²) in [5.74, 6) is -0.113. The van der Waals surface area contributed by atoms with E-state index in [2.05, 4.69) is 0 Å². The van der Waals surface area contributed by atoms with E-state index in [-0.39, 0.29) is 18.3 Å². The summed E-state index contributed by atoms with van der Waals surface area (Å²) in [4.78, 5) is 24.9. The first-order chi connectivity index (χ1) is 9.12. The van der Waals surface area contributed by atoms with Crippen LogP contribution in [-0.2, 0) is 9.53 Å². The number of hydrogen-bond donors (Lipinski definition) is 0. The Balaban J connectivity index is 2.76. The number of hydrogen-bond acceptors (Lipinski definition) is 4. The van der Waals surface area contributed by atoms with Crippen LogP contribution in [0.2, 0.25) is 0 Å². The van der Waals surface area contributed by atoms with Gasteiger partial charge in [-0.3, -0.25) is 9.59 Å². The molecule has 0 aliphatic rings. The van der Waals surface area contributed by atoms with Crippen LogP contribution in [0.25, 0.3) is 0 Å². The molecule has 0 fully saturated rings. The molecule has 1 aromatic rings. The molecule has 0 radical (unpaired) electrons. The highest BCUT2D eigenvalue weighted by Crippen LogP contribution is 2.16. The molecule has 0 amide bonds. The van der Waals surface area contributed by atoms with Crippen LogP contribution in [0.1, 0.15) is 37.6 Å². The quantitative estimate of drug-likeness (QED) is 0.560. The van der Waals surface area contributed by atoms with Crippen LogP contribution in [0.5, 0.6) is 0 Å². The van der Waals surface area contributed by atoms with Gasteiger partial charge in [-0.05, 0) is 38.1 Å². The van der Waals surface area contributed by atoms with E-state index < -0.39 is 0 Å². The zero-order valence-corrected chi connectivity index (χ0v) is 11.8. The molecule has 0 saturated heterocycles. The third-order valence-electron chi connectivity index (χ3n) is 2.88. The van der Waals surface area contributed by atoms with E-state index >= 15 is 0 Å². The Bertz CT molecular complexity index is 426. The molecule has 104 valence electrons. The third kappa shape index (κ3) is 4.39. The Morgan fingerprint density at radius 2 is 1.74 bits per heavy atom. The minimum Gasteiger partial charge on any atom is -0.465 e. The van der Waals surface area contributed by atoms with Crippen molar-refractivity contribution in [2.24, 2.45) is 0 Å². The maximum atomic E-state index is 11.5. The van der Waals surface area contributed by atoms with Gasteiger partial charge in [-0.1, -0.05) is 6.92 Å². The Morgan fingerprint density at radius 1 is 1.11 bits per heavy atom. The van der Waals surface area contributed by atoms with Crippen molar-refractivity contribution >= 4 is 17.4 Å². The lowest BCUT2D eigenvalue weighted by atomic mass is 10.1. The highest BCUT2D eigenvalue weighted by atomic mass is 16.5. The summed E-state index contributed by atoms with van der Waals surface area (Å²) in [6.07, 6.45) is 0.500. The molecule has 0 aromatic heterocycles. The number of esters is 1. The van der Waals surface area contributed by atoms with Crippen LogP contribution < -0.4 is 4.90 Å². The van der Waals surface area contributed by atoms with E-state index in [9.17, 15) is 9.59 Å². The van der Waals surface area contributed by atoms with Crippen molar-refractivity contribution in [1.82, 2.24) is 0 Å². The molecule has 4 nitrogen and oxygen atoms in total. The predicted molar refractivity (Wildman–Crippen MR) is 75.6 cm³/mol. The number of likely N-dealkylation sites (N-methyl/N-ethyl adjacent to an activating group) is 1. The summed E-state index contributed by atoms with van der Waals surface area (Å²) in [6.45, 7) is 6.94. The fourth-order valence-corrected chi connectivity index (χ4v) is 1.81. The summed E-state index contributed by atoms with van der Waals surface area (Å²) in [5, 5.41) is 0. The highest BCUT2D eigenvalue weighted by molar-refractivity contribution is 5.96. The molecule has 0 spiro atoms. The first-order valence-electron chi connectivity index (χ1n) is 6.66. The Hall–Kier alpha value is -1.84. The first-order valence-corrected chi connectivity index (χ1v) is 6.66. The normalized spacial score (nSPS) is 10.1. The van der Waals surface area contributed by atoms with E-state index in [0.717, 1.165) is 5.69 Å². The Kier molecular flexibility index (Phi) is 6.06. The smallest absolute Gasteiger partial charge is 0.325 e. The van der Waals surface area contributed by atoms with Gasteiger partial charge in [0.05, 0.1) is 6.61 Å². The largest absolute Gasteiger partial charge is 0.465 e. The summed E-state index contributed by atoms with van der Waals surface area (Å²) >= 11 is 0. The second-order valence-electron chi connectivity index (χ2n) is 4.14. The van der Waals surface area contributed by atoms with Gasteiger partial charge in [0.25, 0.3) is 0 Å². The molecule has 1 rings (SSSR count). The van der Waals surface area contributed by atoms with E-state index in [0.29, 0.717) is 25.1 Å². The van der Waals surface area contributed by atoms with Crippen LogP contribution in [0, 0.1) is 0 Å². The average Bonchev–Trinajstić information content (AvgIpc) is 2.44. The van der Waals surface area contributed by atoms with Gasteiger partial charge < -0.3 is 9.64 Å². The molecule has 1 aromatic carbocycles. The average molecular weight is 263 g/mol. The Labute approximate surface area is 114 Å². The Morgan fingerprint density at radius 3 is 2.21 bits per heavy atom. The minimum absolute atomic E-state index is 0.125. The van der Waals surface area contributed by atoms with Crippen LogP contribution in [-0.4, -0.2) is 31.4 Å². The molecule has 0 heterocycles. The van der Waals surface area contributed by atoms with Crippen LogP contribution >= 0.6 is 0 Å². The zero-order valence-electron chi connectivity index (χ0n) is 11.8.